The third kappa shape index (κ3) is 4.59. The van der Waals surface area contributed by atoms with Crippen molar-refractivity contribution in [2.45, 2.75) is 11.4 Å². The molecule has 0 aromatic heterocycles. The summed E-state index contributed by atoms with van der Waals surface area (Å²) in [5, 5.41) is 3.01. The highest BCUT2D eigenvalue weighted by Crippen LogP contribution is 2.08. The van der Waals surface area contributed by atoms with E-state index >= 15 is 0 Å². The number of rotatable bonds is 4. The molecule has 8 heteroatoms. The first-order valence-electron chi connectivity index (χ1n) is 4.47. The van der Waals surface area contributed by atoms with Gasteiger partial charge in [0.25, 0.3) is 0 Å². The van der Waals surface area contributed by atoms with Crippen LogP contribution in [0.4, 0.5) is 4.79 Å². The number of hydrogen-bond acceptors (Lipinski definition) is 4. The van der Waals surface area contributed by atoms with E-state index in [9.17, 15) is 13.2 Å². The summed E-state index contributed by atoms with van der Waals surface area (Å²) in [6.07, 6.45) is 0.693. The highest BCUT2D eigenvalue weighted by Gasteiger charge is 2.23. The van der Waals surface area contributed by atoms with Crippen LogP contribution in [0.2, 0.25) is 0 Å². The zero-order chi connectivity index (χ0) is 12.2. The number of ether oxygens (including phenoxy) is 1. The average Bonchev–Trinajstić information content (AvgIpc) is 2.54. The molecule has 1 N–H and O–H groups in total. The lowest BCUT2D eigenvalue weighted by atomic mass is 10.3. The van der Waals surface area contributed by atoms with Crippen LogP contribution in [0.15, 0.2) is 11.5 Å². The van der Waals surface area contributed by atoms with Crippen molar-refractivity contribution in [3.8, 4) is 0 Å². The van der Waals surface area contributed by atoms with E-state index < -0.39 is 27.3 Å². The quantitative estimate of drug-likeness (QED) is 0.779. The molecule has 0 saturated carbocycles. The maximum absolute atomic E-state index is 11.2. The van der Waals surface area contributed by atoms with Crippen LogP contribution in [-0.2, 0) is 14.6 Å². The van der Waals surface area contributed by atoms with Gasteiger partial charge in [-0.2, -0.15) is 0 Å². The van der Waals surface area contributed by atoms with E-state index in [-0.39, 0.29) is 18.2 Å². The van der Waals surface area contributed by atoms with Gasteiger partial charge in [0.05, 0.1) is 17.2 Å². The van der Waals surface area contributed by atoms with E-state index in [0.717, 1.165) is 5.41 Å². The van der Waals surface area contributed by atoms with Crippen molar-refractivity contribution in [1.82, 2.24) is 5.32 Å². The Hall–Kier alpha value is -0.460. The Bertz CT molecular complexity index is 381. The lowest BCUT2D eigenvalue weighted by Crippen LogP contribution is -2.36. The fraction of sp³-hybridized carbons (Fsp3) is 0.625. The van der Waals surface area contributed by atoms with Crippen LogP contribution in [0.3, 0.4) is 0 Å². The molecular formula is C8H11Cl2NO4S. The summed E-state index contributed by atoms with van der Waals surface area (Å²) in [4.78, 5) is 11.2. The van der Waals surface area contributed by atoms with Gasteiger partial charge in [0.15, 0.2) is 9.84 Å². The molecule has 0 spiro atoms. The normalized spacial score (nSPS) is 24.0. The molecule has 1 aliphatic rings. The SMILES string of the molecule is O=C(N[C@@H]1C=CS(=O)(=O)C1)OC[C@H](Cl)CCl. The summed E-state index contributed by atoms with van der Waals surface area (Å²) in [7, 11) is -3.18. The second-order valence-corrected chi connectivity index (χ2v) is 6.12. The Morgan fingerprint density at radius 2 is 2.31 bits per heavy atom. The van der Waals surface area contributed by atoms with E-state index in [2.05, 4.69) is 5.32 Å². The van der Waals surface area contributed by atoms with Crippen LogP contribution >= 0.6 is 23.2 Å². The molecule has 0 aromatic carbocycles. The highest BCUT2D eigenvalue weighted by molar-refractivity contribution is 7.94. The number of carbonyl (C=O) groups excluding carboxylic acids is 1. The number of alkyl carbamates (subject to hydrolysis) is 1. The Labute approximate surface area is 104 Å². The molecule has 0 fully saturated rings. The molecule has 0 aliphatic carbocycles. The second kappa shape index (κ2) is 5.75. The molecule has 0 radical (unpaired) electrons. The Morgan fingerprint density at radius 1 is 1.62 bits per heavy atom. The maximum atomic E-state index is 11.2. The van der Waals surface area contributed by atoms with Gasteiger partial charge in [-0.1, -0.05) is 0 Å². The minimum Gasteiger partial charge on any atom is -0.448 e. The topological polar surface area (TPSA) is 72.5 Å². The molecule has 1 aliphatic heterocycles. The molecular weight excluding hydrogens is 277 g/mol. The van der Waals surface area contributed by atoms with Gasteiger partial charge in [-0.25, -0.2) is 13.2 Å². The highest BCUT2D eigenvalue weighted by atomic mass is 35.5. The van der Waals surface area contributed by atoms with Crippen molar-refractivity contribution in [3.63, 3.8) is 0 Å². The number of carbonyl (C=O) groups is 1. The van der Waals surface area contributed by atoms with Gasteiger partial charge < -0.3 is 10.1 Å². The third-order valence-corrected chi connectivity index (χ3v) is 4.00. The smallest absolute Gasteiger partial charge is 0.407 e. The van der Waals surface area contributed by atoms with Crippen LogP contribution in [0.5, 0.6) is 0 Å². The van der Waals surface area contributed by atoms with E-state index in [4.69, 9.17) is 27.9 Å². The Kier molecular flexibility index (Phi) is 4.89. The Balaban J connectivity index is 2.29. The molecule has 1 heterocycles. The second-order valence-electron chi connectivity index (χ2n) is 3.26. The molecule has 16 heavy (non-hydrogen) atoms. The zero-order valence-corrected chi connectivity index (χ0v) is 10.6. The molecule has 0 aromatic rings. The van der Waals surface area contributed by atoms with Crippen molar-refractivity contribution in [2.24, 2.45) is 0 Å². The fourth-order valence-electron chi connectivity index (χ4n) is 1.07. The fourth-order valence-corrected chi connectivity index (χ4v) is 2.46. The van der Waals surface area contributed by atoms with Crippen LogP contribution in [-0.4, -0.2) is 44.2 Å². The van der Waals surface area contributed by atoms with Crippen molar-refractivity contribution < 1.29 is 17.9 Å². The molecule has 1 amide bonds. The largest absolute Gasteiger partial charge is 0.448 e. The Morgan fingerprint density at radius 3 is 2.81 bits per heavy atom. The first kappa shape index (κ1) is 13.6. The van der Waals surface area contributed by atoms with E-state index in [1.807, 2.05) is 0 Å². The molecule has 1 rings (SSSR count). The van der Waals surface area contributed by atoms with Gasteiger partial charge in [0.2, 0.25) is 0 Å². The maximum Gasteiger partial charge on any atom is 0.407 e. The third-order valence-electron chi connectivity index (χ3n) is 1.80. The van der Waals surface area contributed by atoms with Gasteiger partial charge in [0, 0.05) is 11.3 Å². The van der Waals surface area contributed by atoms with Crippen LogP contribution in [0.1, 0.15) is 0 Å². The summed E-state index contributed by atoms with van der Waals surface area (Å²) in [6, 6.07) is -0.540. The lowest BCUT2D eigenvalue weighted by Gasteiger charge is -2.11. The molecule has 92 valence electrons. The standard InChI is InChI=1S/C8H11Cl2NO4S/c9-3-6(10)4-15-8(12)11-7-1-2-16(13,14)5-7/h1-2,6-7H,3-5H2,(H,11,12)/t6-,7-/m1/s1. The van der Waals surface area contributed by atoms with Crippen LogP contribution < -0.4 is 5.32 Å². The average molecular weight is 288 g/mol. The number of sulfone groups is 1. The number of halogens is 2. The van der Waals surface area contributed by atoms with Gasteiger partial charge >= 0.3 is 6.09 Å². The van der Waals surface area contributed by atoms with Gasteiger partial charge in [-0.3, -0.25) is 0 Å². The monoisotopic (exact) mass is 287 g/mol. The van der Waals surface area contributed by atoms with Crippen LogP contribution in [0, 0.1) is 0 Å². The first-order valence-corrected chi connectivity index (χ1v) is 7.16. The van der Waals surface area contributed by atoms with Crippen molar-refractivity contribution >= 4 is 39.1 Å². The van der Waals surface area contributed by atoms with Gasteiger partial charge in [-0.15, -0.1) is 23.2 Å². The number of alkyl halides is 2. The van der Waals surface area contributed by atoms with E-state index in [0.29, 0.717) is 0 Å². The summed E-state index contributed by atoms with van der Waals surface area (Å²) in [5.74, 6) is 0.0362. The predicted octanol–water partition coefficient (Wildman–Crippen LogP) is 0.869. The molecule has 0 unspecified atom stereocenters. The minimum absolute atomic E-state index is 0.0138. The molecule has 2 atom stereocenters. The van der Waals surface area contributed by atoms with E-state index in [1.165, 1.54) is 6.08 Å². The predicted molar refractivity (Wildman–Crippen MR) is 61.6 cm³/mol. The van der Waals surface area contributed by atoms with E-state index in [1.54, 1.807) is 0 Å². The summed E-state index contributed by atoms with van der Waals surface area (Å²) in [5.41, 5.74) is 0. The first-order chi connectivity index (χ1) is 7.43. The van der Waals surface area contributed by atoms with Gasteiger partial charge in [-0.05, 0) is 6.08 Å². The molecule has 0 saturated heterocycles. The zero-order valence-electron chi connectivity index (χ0n) is 8.23. The number of hydrogen-bond donors (Lipinski definition) is 1. The number of amides is 1. The van der Waals surface area contributed by atoms with Crippen molar-refractivity contribution in [3.05, 3.63) is 11.5 Å². The summed E-state index contributed by atoms with van der Waals surface area (Å²) >= 11 is 11.0. The summed E-state index contributed by atoms with van der Waals surface area (Å²) in [6.45, 7) is -0.0138. The van der Waals surface area contributed by atoms with Crippen LogP contribution in [0.25, 0.3) is 0 Å². The molecule has 0 bridgehead atoms. The summed E-state index contributed by atoms with van der Waals surface area (Å²) < 4.78 is 26.8. The lowest BCUT2D eigenvalue weighted by molar-refractivity contribution is 0.146. The number of nitrogens with one attached hydrogen (secondary N) is 1. The van der Waals surface area contributed by atoms with Crippen molar-refractivity contribution in [2.75, 3.05) is 18.2 Å². The minimum atomic E-state index is -3.18. The molecule has 5 nitrogen and oxygen atoms in total. The van der Waals surface area contributed by atoms with Crippen molar-refractivity contribution in [1.29, 1.82) is 0 Å². The van der Waals surface area contributed by atoms with Gasteiger partial charge in [0.1, 0.15) is 6.61 Å².